The van der Waals surface area contributed by atoms with Crippen LogP contribution < -0.4 is 16.2 Å². The predicted molar refractivity (Wildman–Crippen MR) is 105 cm³/mol. The number of nitrogens with one attached hydrogen (secondary N) is 3. The topological polar surface area (TPSA) is 130 Å². The van der Waals surface area contributed by atoms with Gasteiger partial charge in [-0.2, -0.15) is 0 Å². The first-order valence-electron chi connectivity index (χ1n) is 9.75. The maximum absolute atomic E-state index is 12.0. The fraction of sp³-hybridized carbons (Fsp3) is 0.450. The second-order valence-corrected chi connectivity index (χ2v) is 7.05. The van der Waals surface area contributed by atoms with Gasteiger partial charge in [0.2, 0.25) is 0 Å². The molecule has 1 aromatic carbocycles. The highest BCUT2D eigenvalue weighted by Crippen LogP contribution is 2.17. The number of aryl methyl sites for hydroxylation is 1. The number of esters is 1. The maximum Gasteiger partial charge on any atom is 0.321 e. The highest BCUT2D eigenvalue weighted by molar-refractivity contribution is 5.95. The van der Waals surface area contributed by atoms with Crippen LogP contribution >= 0.6 is 0 Å². The number of aromatic amines is 1. The minimum atomic E-state index is -0.691. The summed E-state index contributed by atoms with van der Waals surface area (Å²) in [6.07, 6.45) is 5.22. The van der Waals surface area contributed by atoms with Crippen molar-refractivity contribution in [3.63, 3.8) is 0 Å². The zero-order valence-corrected chi connectivity index (χ0v) is 16.0. The van der Waals surface area contributed by atoms with Gasteiger partial charge in [0.1, 0.15) is 5.82 Å². The van der Waals surface area contributed by atoms with Crippen LogP contribution in [0.1, 0.15) is 44.3 Å². The van der Waals surface area contributed by atoms with Crippen LogP contribution in [0.3, 0.4) is 0 Å². The highest BCUT2D eigenvalue weighted by atomic mass is 16.5. The lowest BCUT2D eigenvalue weighted by molar-refractivity contribution is -0.148. The summed E-state index contributed by atoms with van der Waals surface area (Å²) in [7, 11) is 0. The molecule has 0 atom stereocenters. The molecule has 3 rings (SSSR count). The first-order chi connectivity index (χ1) is 14.0. The number of ether oxygens (including phenoxy) is 1. The standard InChI is InChI=1S/C20H24N4O5/c25-17(24-20(28)21-13-6-2-1-3-7-13)12-29-18(26)11-10-16-22-15-9-5-4-8-14(15)19(27)23-16/h4-5,8-9,13H,1-3,6-7,10-12H2,(H,22,23,27)(H2,21,24,25,28). The van der Waals surface area contributed by atoms with Gasteiger partial charge in [0.05, 0.1) is 17.3 Å². The molecule has 9 heteroatoms. The lowest BCUT2D eigenvalue weighted by Crippen LogP contribution is -2.46. The predicted octanol–water partition coefficient (Wildman–Crippen LogP) is 1.56. The molecule has 1 aliphatic rings. The Kier molecular flexibility index (Phi) is 6.94. The molecule has 1 aliphatic carbocycles. The molecule has 0 aliphatic heterocycles. The van der Waals surface area contributed by atoms with Crippen LogP contribution in [0.25, 0.3) is 10.9 Å². The number of carbonyl (C=O) groups is 3. The quantitative estimate of drug-likeness (QED) is 0.631. The molecule has 0 unspecified atom stereocenters. The molecule has 29 heavy (non-hydrogen) atoms. The van der Waals surface area contributed by atoms with Gasteiger partial charge in [0.25, 0.3) is 11.5 Å². The number of amides is 3. The van der Waals surface area contributed by atoms with Gasteiger partial charge in [-0.25, -0.2) is 9.78 Å². The summed E-state index contributed by atoms with van der Waals surface area (Å²) >= 11 is 0. The lowest BCUT2D eigenvalue weighted by Gasteiger charge is -2.22. The van der Waals surface area contributed by atoms with E-state index >= 15 is 0 Å². The summed E-state index contributed by atoms with van der Waals surface area (Å²) in [6.45, 7) is -0.543. The van der Waals surface area contributed by atoms with Crippen molar-refractivity contribution in [1.29, 1.82) is 0 Å². The van der Waals surface area contributed by atoms with Gasteiger partial charge in [-0.3, -0.25) is 19.7 Å². The third-order valence-corrected chi connectivity index (χ3v) is 4.79. The monoisotopic (exact) mass is 400 g/mol. The second kappa shape index (κ2) is 9.81. The van der Waals surface area contributed by atoms with Crippen molar-refractivity contribution in [2.45, 2.75) is 51.0 Å². The van der Waals surface area contributed by atoms with Gasteiger partial charge in [-0.05, 0) is 25.0 Å². The number of para-hydroxylation sites is 1. The van der Waals surface area contributed by atoms with E-state index in [-0.39, 0.29) is 24.4 Å². The number of rotatable bonds is 6. The maximum atomic E-state index is 12.0. The van der Waals surface area contributed by atoms with Crippen LogP contribution in [0, 0.1) is 0 Å². The van der Waals surface area contributed by atoms with E-state index in [9.17, 15) is 19.2 Å². The molecular weight excluding hydrogens is 376 g/mol. The average Bonchev–Trinajstić information content (AvgIpc) is 2.71. The van der Waals surface area contributed by atoms with E-state index in [1.807, 2.05) is 0 Å². The molecule has 3 N–H and O–H groups in total. The summed E-state index contributed by atoms with van der Waals surface area (Å²) < 4.78 is 4.88. The Balaban J connectivity index is 1.40. The van der Waals surface area contributed by atoms with E-state index in [0.29, 0.717) is 16.7 Å². The minimum absolute atomic E-state index is 0.0527. The number of hydrogen-bond donors (Lipinski definition) is 3. The van der Waals surface area contributed by atoms with Gasteiger partial charge >= 0.3 is 12.0 Å². The number of hydrogen-bond acceptors (Lipinski definition) is 6. The molecule has 9 nitrogen and oxygen atoms in total. The van der Waals surface area contributed by atoms with E-state index in [2.05, 4.69) is 20.6 Å². The van der Waals surface area contributed by atoms with Crippen molar-refractivity contribution in [2.75, 3.05) is 6.61 Å². The molecule has 0 spiro atoms. The van der Waals surface area contributed by atoms with Crippen molar-refractivity contribution >= 4 is 28.8 Å². The van der Waals surface area contributed by atoms with Gasteiger partial charge in [-0.1, -0.05) is 31.4 Å². The number of urea groups is 1. The van der Waals surface area contributed by atoms with Crippen LogP contribution in [0.2, 0.25) is 0 Å². The number of imide groups is 1. The Morgan fingerprint density at radius 2 is 1.90 bits per heavy atom. The molecule has 154 valence electrons. The van der Waals surface area contributed by atoms with Gasteiger partial charge < -0.3 is 15.0 Å². The molecule has 2 aromatic rings. The number of nitrogens with zero attached hydrogens (tertiary/aromatic N) is 1. The lowest BCUT2D eigenvalue weighted by atomic mass is 9.96. The minimum Gasteiger partial charge on any atom is -0.456 e. The van der Waals surface area contributed by atoms with Crippen LogP contribution in [-0.4, -0.2) is 40.5 Å². The Labute approximate surface area is 167 Å². The SMILES string of the molecule is O=C(COC(=O)CCc1nc2ccccc2c(=O)[nH]1)NC(=O)NC1CCCCC1. The fourth-order valence-electron chi connectivity index (χ4n) is 3.32. The van der Waals surface area contributed by atoms with E-state index < -0.39 is 24.5 Å². The third-order valence-electron chi connectivity index (χ3n) is 4.79. The second-order valence-electron chi connectivity index (χ2n) is 7.05. The Hall–Kier alpha value is -3.23. The van der Waals surface area contributed by atoms with E-state index in [1.165, 1.54) is 0 Å². The fourth-order valence-corrected chi connectivity index (χ4v) is 3.32. The zero-order chi connectivity index (χ0) is 20.6. The molecule has 1 fully saturated rings. The van der Waals surface area contributed by atoms with E-state index in [4.69, 9.17) is 4.74 Å². The summed E-state index contributed by atoms with van der Waals surface area (Å²) in [5, 5.41) is 5.38. The Morgan fingerprint density at radius 3 is 2.69 bits per heavy atom. The molecule has 3 amide bonds. The number of benzene rings is 1. The summed E-state index contributed by atoms with van der Waals surface area (Å²) in [5.74, 6) is -0.950. The van der Waals surface area contributed by atoms with E-state index in [0.717, 1.165) is 32.1 Å². The molecule has 1 saturated carbocycles. The smallest absolute Gasteiger partial charge is 0.321 e. The van der Waals surface area contributed by atoms with Crippen molar-refractivity contribution in [1.82, 2.24) is 20.6 Å². The number of fused-ring (bicyclic) bond motifs is 1. The van der Waals surface area contributed by atoms with Crippen molar-refractivity contribution in [3.05, 3.63) is 40.4 Å². The molecule has 0 saturated heterocycles. The summed E-state index contributed by atoms with van der Waals surface area (Å²) in [5.41, 5.74) is 0.269. The number of carbonyl (C=O) groups excluding carboxylic acids is 3. The summed E-state index contributed by atoms with van der Waals surface area (Å²) in [4.78, 5) is 54.3. The molecule has 1 heterocycles. The van der Waals surface area contributed by atoms with E-state index in [1.54, 1.807) is 24.3 Å². The summed E-state index contributed by atoms with van der Waals surface area (Å²) in [6, 6.07) is 6.41. The molecule has 1 aromatic heterocycles. The normalized spacial score (nSPS) is 14.3. The number of aromatic nitrogens is 2. The van der Waals surface area contributed by atoms with Crippen molar-refractivity contribution in [3.8, 4) is 0 Å². The van der Waals surface area contributed by atoms with Crippen LogP contribution in [0.5, 0.6) is 0 Å². The highest BCUT2D eigenvalue weighted by Gasteiger charge is 2.17. The van der Waals surface area contributed by atoms with Crippen molar-refractivity contribution < 1.29 is 19.1 Å². The van der Waals surface area contributed by atoms with Crippen molar-refractivity contribution in [2.24, 2.45) is 0 Å². The van der Waals surface area contributed by atoms with Gasteiger partial charge in [0, 0.05) is 12.5 Å². The largest absolute Gasteiger partial charge is 0.456 e. The first kappa shape index (κ1) is 20.5. The molecule has 0 radical (unpaired) electrons. The Bertz CT molecular complexity index is 949. The number of H-pyrrole nitrogens is 1. The first-order valence-corrected chi connectivity index (χ1v) is 9.75. The average molecular weight is 400 g/mol. The zero-order valence-electron chi connectivity index (χ0n) is 16.0. The van der Waals surface area contributed by atoms with Crippen LogP contribution in [-0.2, 0) is 20.7 Å². The van der Waals surface area contributed by atoms with Gasteiger partial charge in [0.15, 0.2) is 6.61 Å². The van der Waals surface area contributed by atoms with Crippen LogP contribution in [0.4, 0.5) is 4.79 Å². The Morgan fingerprint density at radius 1 is 1.14 bits per heavy atom. The van der Waals surface area contributed by atoms with Gasteiger partial charge in [-0.15, -0.1) is 0 Å². The molecule has 0 bridgehead atoms. The molecular formula is C20H24N4O5. The van der Waals surface area contributed by atoms with Crippen LogP contribution in [0.15, 0.2) is 29.1 Å². The third kappa shape index (κ3) is 6.13.